The maximum Gasteiger partial charge on any atom is 0.321 e. The Kier molecular flexibility index (Phi) is 5.14. The third-order valence-corrected chi connectivity index (χ3v) is 8.08. The van der Waals surface area contributed by atoms with Crippen molar-refractivity contribution in [3.63, 3.8) is 0 Å². The minimum Gasteiger partial charge on any atom is -0.495 e. The highest BCUT2D eigenvalue weighted by Gasteiger charge is 2.37. The minimum atomic E-state index is -0.128. The summed E-state index contributed by atoms with van der Waals surface area (Å²) in [5, 5.41) is 4.16. The Labute approximate surface area is 201 Å². The average Bonchev–Trinajstić information content (AvgIpc) is 3.29. The van der Waals surface area contributed by atoms with E-state index in [9.17, 15) is 9.59 Å². The number of benzene rings is 2. The number of hydrogen-bond donors (Lipinski definition) is 1. The zero-order valence-electron chi connectivity index (χ0n) is 18.9. The number of aromatic nitrogens is 1. The van der Waals surface area contributed by atoms with Gasteiger partial charge in [-0.05, 0) is 54.1 Å². The first-order valence-electron chi connectivity index (χ1n) is 11.5. The highest BCUT2D eigenvalue weighted by Crippen LogP contribution is 2.37. The van der Waals surface area contributed by atoms with E-state index in [4.69, 9.17) is 4.74 Å². The highest BCUT2D eigenvalue weighted by atomic mass is 32.1. The first-order chi connectivity index (χ1) is 16.6. The van der Waals surface area contributed by atoms with Crippen molar-refractivity contribution < 1.29 is 9.53 Å². The van der Waals surface area contributed by atoms with Crippen LogP contribution in [-0.2, 0) is 6.54 Å². The SMILES string of the molecule is COc1ccccc1NC(=O)N1C[C@H]2C[C@H](C1)c1ccc(-c3cc4ccccc4s3)c(=O)n1C2. The molecule has 2 bridgehead atoms. The third kappa shape index (κ3) is 3.56. The topological polar surface area (TPSA) is 63.6 Å². The molecule has 7 heteroatoms. The van der Waals surface area contributed by atoms with Gasteiger partial charge in [0.1, 0.15) is 5.75 Å². The van der Waals surface area contributed by atoms with Crippen LogP contribution in [0.4, 0.5) is 10.5 Å². The molecular weight excluding hydrogens is 446 g/mol. The molecule has 2 aliphatic rings. The van der Waals surface area contributed by atoms with Crippen LogP contribution < -0.4 is 15.6 Å². The maximum atomic E-state index is 13.5. The Morgan fingerprint density at radius 1 is 1.03 bits per heavy atom. The second kappa shape index (κ2) is 8.33. The summed E-state index contributed by atoms with van der Waals surface area (Å²) in [5.74, 6) is 1.05. The molecule has 4 heterocycles. The number of para-hydroxylation sites is 2. The summed E-state index contributed by atoms with van der Waals surface area (Å²) in [6, 6.07) is 21.7. The molecule has 2 aromatic carbocycles. The van der Waals surface area contributed by atoms with E-state index < -0.39 is 0 Å². The van der Waals surface area contributed by atoms with Crippen LogP contribution in [0, 0.1) is 5.92 Å². The summed E-state index contributed by atoms with van der Waals surface area (Å²) in [6.07, 6.45) is 1.00. The van der Waals surface area contributed by atoms with Gasteiger partial charge in [-0.3, -0.25) is 4.79 Å². The predicted octanol–water partition coefficient (Wildman–Crippen LogP) is 5.39. The first kappa shape index (κ1) is 21.0. The number of rotatable bonds is 3. The second-order valence-corrected chi connectivity index (χ2v) is 10.2. The third-order valence-electron chi connectivity index (χ3n) is 6.93. The number of nitrogens with one attached hydrogen (secondary N) is 1. The predicted molar refractivity (Wildman–Crippen MR) is 136 cm³/mol. The number of hydrogen-bond acceptors (Lipinski definition) is 4. The number of methoxy groups -OCH3 is 1. The van der Waals surface area contributed by atoms with Gasteiger partial charge in [0.2, 0.25) is 0 Å². The number of nitrogens with zero attached hydrogens (tertiary/aromatic N) is 2. The Balaban J connectivity index is 1.27. The number of pyridine rings is 1. The standard InChI is InChI=1S/C27H25N3O3S/c1-33-23-8-4-3-7-21(23)28-27(32)29-14-17-12-19(16-29)22-11-10-20(26(31)30(22)15-17)25-13-18-6-2-5-9-24(18)34-25/h2-11,13,17,19H,12,14-16H2,1H3,(H,28,32)/t17-,19-/m1/s1. The number of fused-ring (bicyclic) bond motifs is 5. The largest absolute Gasteiger partial charge is 0.495 e. The highest BCUT2D eigenvalue weighted by molar-refractivity contribution is 7.22. The number of carbonyl (C=O) groups is 1. The number of likely N-dealkylation sites (tertiary alicyclic amines) is 1. The van der Waals surface area contributed by atoms with Crippen LogP contribution >= 0.6 is 11.3 Å². The van der Waals surface area contributed by atoms with Gasteiger partial charge in [-0.2, -0.15) is 0 Å². The molecule has 2 atom stereocenters. The number of thiophene rings is 1. The Bertz CT molecular complexity index is 1420. The molecule has 172 valence electrons. The molecule has 4 aromatic rings. The van der Waals surface area contributed by atoms with E-state index in [1.807, 2.05) is 51.9 Å². The fourth-order valence-electron chi connectivity index (χ4n) is 5.36. The van der Waals surface area contributed by atoms with Gasteiger partial charge in [-0.25, -0.2) is 4.79 Å². The van der Waals surface area contributed by atoms with Gasteiger partial charge in [0.05, 0.1) is 18.4 Å². The number of urea groups is 1. The first-order valence-corrected chi connectivity index (χ1v) is 12.3. The Morgan fingerprint density at radius 2 is 1.85 bits per heavy atom. The van der Waals surface area contributed by atoms with Crippen LogP contribution in [0.3, 0.4) is 0 Å². The smallest absolute Gasteiger partial charge is 0.321 e. The van der Waals surface area contributed by atoms with Crippen molar-refractivity contribution >= 4 is 33.1 Å². The molecule has 1 saturated heterocycles. The molecule has 34 heavy (non-hydrogen) atoms. The molecule has 6 rings (SSSR count). The van der Waals surface area contributed by atoms with Crippen molar-refractivity contribution in [2.75, 3.05) is 25.5 Å². The molecule has 2 aliphatic heterocycles. The Morgan fingerprint density at radius 3 is 2.71 bits per heavy atom. The molecule has 1 N–H and O–H groups in total. The van der Waals surface area contributed by atoms with Crippen molar-refractivity contribution in [1.29, 1.82) is 0 Å². The number of anilines is 1. The lowest BCUT2D eigenvalue weighted by Gasteiger charge is -2.42. The van der Waals surface area contributed by atoms with Crippen LogP contribution in [0.2, 0.25) is 0 Å². The quantitative estimate of drug-likeness (QED) is 0.436. The van der Waals surface area contributed by atoms with E-state index in [2.05, 4.69) is 29.6 Å². The molecule has 0 unspecified atom stereocenters. The fraction of sp³-hybridized carbons (Fsp3) is 0.259. The molecule has 1 fully saturated rings. The Hall–Kier alpha value is -3.58. The minimum absolute atomic E-state index is 0.0747. The number of ether oxygens (including phenoxy) is 1. The normalized spacial score (nSPS) is 19.0. The van der Waals surface area contributed by atoms with Crippen LogP contribution in [0.15, 0.2) is 71.5 Å². The second-order valence-electron chi connectivity index (χ2n) is 9.07. The van der Waals surface area contributed by atoms with Crippen molar-refractivity contribution in [3.8, 4) is 16.2 Å². The summed E-state index contributed by atoms with van der Waals surface area (Å²) < 4.78 is 8.50. The lowest BCUT2D eigenvalue weighted by Crippen LogP contribution is -2.50. The van der Waals surface area contributed by atoms with Crippen molar-refractivity contribution in [1.82, 2.24) is 9.47 Å². The number of amides is 2. The number of piperidine rings is 1. The summed E-state index contributed by atoms with van der Waals surface area (Å²) >= 11 is 1.66. The molecule has 0 spiro atoms. The van der Waals surface area contributed by atoms with Crippen molar-refractivity contribution in [2.24, 2.45) is 5.92 Å². The monoisotopic (exact) mass is 471 g/mol. The molecule has 0 radical (unpaired) electrons. The maximum absolute atomic E-state index is 13.5. The number of carbonyl (C=O) groups excluding carboxylic acids is 1. The summed E-state index contributed by atoms with van der Waals surface area (Å²) in [4.78, 5) is 29.5. The lowest BCUT2D eigenvalue weighted by molar-refractivity contribution is 0.139. The van der Waals surface area contributed by atoms with Crippen molar-refractivity contribution in [3.05, 3.63) is 82.8 Å². The van der Waals surface area contributed by atoms with E-state index in [0.717, 1.165) is 27.9 Å². The lowest BCUT2D eigenvalue weighted by atomic mass is 9.83. The zero-order chi connectivity index (χ0) is 23.2. The molecule has 2 aromatic heterocycles. The van der Waals surface area contributed by atoms with E-state index >= 15 is 0 Å². The van der Waals surface area contributed by atoms with Gasteiger partial charge in [-0.1, -0.05) is 30.3 Å². The molecule has 6 nitrogen and oxygen atoms in total. The van der Waals surface area contributed by atoms with Gasteiger partial charge in [0.25, 0.3) is 5.56 Å². The van der Waals surface area contributed by atoms with Crippen LogP contribution in [0.25, 0.3) is 20.5 Å². The van der Waals surface area contributed by atoms with E-state index in [1.165, 1.54) is 4.70 Å². The molecular formula is C27H25N3O3S. The average molecular weight is 472 g/mol. The van der Waals surface area contributed by atoms with E-state index in [1.54, 1.807) is 18.4 Å². The van der Waals surface area contributed by atoms with Gasteiger partial charge in [0, 0.05) is 40.8 Å². The fourth-order valence-corrected chi connectivity index (χ4v) is 6.44. The zero-order valence-corrected chi connectivity index (χ0v) is 19.7. The summed E-state index contributed by atoms with van der Waals surface area (Å²) in [6.45, 7) is 1.87. The van der Waals surface area contributed by atoms with Crippen LogP contribution in [-0.4, -0.2) is 35.7 Å². The van der Waals surface area contributed by atoms with Gasteiger partial charge in [0.15, 0.2) is 0 Å². The van der Waals surface area contributed by atoms with Gasteiger partial charge in [-0.15, -0.1) is 11.3 Å². The van der Waals surface area contributed by atoms with E-state index in [-0.39, 0.29) is 23.4 Å². The van der Waals surface area contributed by atoms with E-state index in [0.29, 0.717) is 31.1 Å². The van der Waals surface area contributed by atoms with Crippen LogP contribution in [0.1, 0.15) is 18.0 Å². The molecule has 2 amide bonds. The molecule has 0 aliphatic carbocycles. The van der Waals surface area contributed by atoms with Gasteiger partial charge < -0.3 is 19.5 Å². The van der Waals surface area contributed by atoms with Crippen LogP contribution in [0.5, 0.6) is 5.75 Å². The molecule has 0 saturated carbocycles. The van der Waals surface area contributed by atoms with Gasteiger partial charge >= 0.3 is 6.03 Å². The summed E-state index contributed by atoms with van der Waals surface area (Å²) in [7, 11) is 1.60. The summed E-state index contributed by atoms with van der Waals surface area (Å²) in [5.41, 5.74) is 2.53. The van der Waals surface area contributed by atoms with Crippen molar-refractivity contribution in [2.45, 2.75) is 18.9 Å².